The minimum atomic E-state index is -1.08. The molecule has 0 spiro atoms. The molecule has 2 aromatic carbocycles. The third kappa shape index (κ3) is 11.1. The first kappa shape index (κ1) is 41.5. The smallest absolute Gasteiger partial charge is 0.272 e. The fourth-order valence-corrected chi connectivity index (χ4v) is 6.39. The number of likely N-dealkylation sites (tertiary alicyclic amines) is 1. The van der Waals surface area contributed by atoms with Crippen molar-refractivity contribution in [2.24, 2.45) is 11.8 Å². The number of benzene rings is 2. The van der Waals surface area contributed by atoms with E-state index in [1.165, 1.54) is 23.5 Å². The van der Waals surface area contributed by atoms with Gasteiger partial charge in [-0.05, 0) is 35.3 Å². The molecule has 0 saturated carbocycles. The van der Waals surface area contributed by atoms with E-state index in [1.807, 2.05) is 67.6 Å². The van der Waals surface area contributed by atoms with Gasteiger partial charge in [0.05, 0.1) is 24.9 Å². The van der Waals surface area contributed by atoms with Crippen LogP contribution in [0.25, 0.3) is 0 Å². The molecule has 1 aliphatic rings. The first-order chi connectivity index (χ1) is 25.8. The first-order valence-corrected chi connectivity index (χ1v) is 18.6. The number of carbonyl (C=O) groups excluding carboxylic acids is 6. The van der Waals surface area contributed by atoms with Crippen molar-refractivity contribution in [1.82, 2.24) is 30.8 Å². The molecule has 288 valence electrons. The molecule has 0 aliphatic carbocycles. The molecule has 4 amide bonds. The zero-order chi connectivity index (χ0) is 39.4. The molecule has 0 radical (unpaired) electrons. The summed E-state index contributed by atoms with van der Waals surface area (Å²) in [7, 11) is 0. The summed E-state index contributed by atoms with van der Waals surface area (Å²) in [5.74, 6) is -4.52. The monoisotopic (exact) mass is 740 g/mol. The van der Waals surface area contributed by atoms with Gasteiger partial charge in [-0.15, -0.1) is 0 Å². The summed E-state index contributed by atoms with van der Waals surface area (Å²) >= 11 is 0. The van der Waals surface area contributed by atoms with E-state index >= 15 is 0 Å². The minimum Gasteiger partial charge on any atom is -0.372 e. The number of nitrogens with zero attached hydrogens (tertiary/aromatic N) is 3. The summed E-state index contributed by atoms with van der Waals surface area (Å²) in [6.07, 6.45) is 3.85. The predicted octanol–water partition coefficient (Wildman–Crippen LogP) is 3.78. The summed E-state index contributed by atoms with van der Waals surface area (Å²) in [4.78, 5) is 90.8. The molecule has 1 aliphatic heterocycles. The van der Waals surface area contributed by atoms with E-state index in [-0.39, 0.29) is 49.9 Å². The molecule has 6 atom stereocenters. The third-order valence-electron chi connectivity index (χ3n) is 9.62. The SMILES string of the molecule is CCC(NC(=O)[C@@H]1C[C@@H](OCc2ccccc2)CN1C(=O)[C@H](NC(=O)[C@H](NC(=O)c1cnccn1)C(C)C)C(C)C)C(=O)C(=O)C[C@@H](C)c1ccccc1. The third-order valence-corrected chi connectivity index (χ3v) is 9.62. The van der Waals surface area contributed by atoms with Crippen LogP contribution in [-0.2, 0) is 35.3 Å². The Morgan fingerprint density at radius 2 is 1.48 bits per heavy atom. The van der Waals surface area contributed by atoms with Crippen molar-refractivity contribution in [1.29, 1.82) is 0 Å². The molecule has 3 aromatic rings. The highest BCUT2D eigenvalue weighted by molar-refractivity contribution is 6.39. The molecular weight excluding hydrogens is 688 g/mol. The molecule has 54 heavy (non-hydrogen) atoms. The van der Waals surface area contributed by atoms with E-state index in [0.717, 1.165) is 11.1 Å². The highest BCUT2D eigenvalue weighted by Gasteiger charge is 2.44. The number of rotatable bonds is 18. The highest BCUT2D eigenvalue weighted by atomic mass is 16.5. The second-order valence-electron chi connectivity index (χ2n) is 14.4. The van der Waals surface area contributed by atoms with Gasteiger partial charge in [0.2, 0.25) is 29.3 Å². The van der Waals surface area contributed by atoms with Crippen molar-refractivity contribution >= 4 is 35.2 Å². The van der Waals surface area contributed by atoms with E-state index < -0.39 is 71.4 Å². The average Bonchev–Trinajstić information content (AvgIpc) is 3.62. The van der Waals surface area contributed by atoms with Gasteiger partial charge in [0.1, 0.15) is 23.8 Å². The van der Waals surface area contributed by atoms with Crippen LogP contribution in [0.4, 0.5) is 0 Å². The number of aromatic nitrogens is 2. The number of hydrogen-bond acceptors (Lipinski definition) is 9. The first-order valence-electron chi connectivity index (χ1n) is 18.6. The van der Waals surface area contributed by atoms with Crippen LogP contribution in [-0.4, -0.2) is 86.9 Å². The van der Waals surface area contributed by atoms with Crippen LogP contribution in [0.15, 0.2) is 79.3 Å². The average molecular weight is 741 g/mol. The van der Waals surface area contributed by atoms with E-state index in [4.69, 9.17) is 4.74 Å². The van der Waals surface area contributed by atoms with E-state index in [9.17, 15) is 28.8 Å². The van der Waals surface area contributed by atoms with E-state index in [0.29, 0.717) is 0 Å². The van der Waals surface area contributed by atoms with Crippen molar-refractivity contribution in [2.75, 3.05) is 6.54 Å². The van der Waals surface area contributed by atoms with Crippen LogP contribution < -0.4 is 16.0 Å². The normalized spacial score (nSPS) is 17.7. The number of carbonyl (C=O) groups is 6. The fraction of sp³-hybridized carbons (Fsp3) is 0.463. The van der Waals surface area contributed by atoms with Gasteiger partial charge in [-0.3, -0.25) is 33.8 Å². The second kappa shape index (κ2) is 19.7. The molecule has 0 bridgehead atoms. The van der Waals surface area contributed by atoms with Gasteiger partial charge < -0.3 is 25.6 Å². The maximum atomic E-state index is 14.4. The number of ether oxygens (including phenoxy) is 1. The zero-order valence-corrected chi connectivity index (χ0v) is 31.9. The summed E-state index contributed by atoms with van der Waals surface area (Å²) in [5, 5.41) is 8.28. The van der Waals surface area contributed by atoms with Crippen LogP contribution >= 0.6 is 0 Å². The van der Waals surface area contributed by atoms with Gasteiger partial charge >= 0.3 is 0 Å². The molecule has 1 fully saturated rings. The summed E-state index contributed by atoms with van der Waals surface area (Å²) < 4.78 is 6.19. The molecule has 13 nitrogen and oxygen atoms in total. The quantitative estimate of drug-likeness (QED) is 0.164. The van der Waals surface area contributed by atoms with Gasteiger partial charge in [0, 0.05) is 31.8 Å². The van der Waals surface area contributed by atoms with Crippen LogP contribution in [0.3, 0.4) is 0 Å². The van der Waals surface area contributed by atoms with Gasteiger partial charge in [0.15, 0.2) is 0 Å². The van der Waals surface area contributed by atoms with Crippen molar-refractivity contribution in [2.45, 2.75) is 104 Å². The van der Waals surface area contributed by atoms with E-state index in [1.54, 1.807) is 34.6 Å². The molecule has 13 heteroatoms. The fourth-order valence-electron chi connectivity index (χ4n) is 6.39. The maximum absolute atomic E-state index is 14.4. The minimum absolute atomic E-state index is 0.00893. The standard InChI is InChI=1S/C41H52N6O7/c1-7-31(37(49)34(48)20-27(6)29-16-12-9-13-17-29)44-39(51)33-21-30(54-24-28-14-10-8-11-15-28)23-47(33)41(53)36(26(4)5)46-40(52)35(25(2)3)45-38(50)32-22-42-18-19-43-32/h8-19,22,25-27,30-31,33,35-36H,7,20-21,23-24H2,1-6H3,(H,44,51)(H,45,50)(H,46,52)/t27-,30-,31?,33+,35-,36-/m1/s1. The molecule has 1 aromatic heterocycles. The van der Waals surface area contributed by atoms with Gasteiger partial charge in [-0.25, -0.2) is 4.98 Å². The Kier molecular flexibility index (Phi) is 15.1. The lowest BCUT2D eigenvalue weighted by Gasteiger charge is -2.32. The van der Waals surface area contributed by atoms with Crippen LogP contribution in [0.5, 0.6) is 0 Å². The Hall–Kier alpha value is -5.30. The maximum Gasteiger partial charge on any atom is 0.272 e. The predicted molar refractivity (Wildman–Crippen MR) is 202 cm³/mol. The Balaban J connectivity index is 1.52. The van der Waals surface area contributed by atoms with Gasteiger partial charge in [0.25, 0.3) is 5.91 Å². The van der Waals surface area contributed by atoms with Crippen LogP contribution in [0.1, 0.15) is 88.3 Å². The van der Waals surface area contributed by atoms with Crippen molar-refractivity contribution in [3.8, 4) is 0 Å². The molecule has 3 N–H and O–H groups in total. The lowest BCUT2D eigenvalue weighted by molar-refractivity contribution is -0.144. The number of ketones is 2. The zero-order valence-electron chi connectivity index (χ0n) is 31.9. The lowest BCUT2D eigenvalue weighted by atomic mass is 9.92. The van der Waals surface area contributed by atoms with Gasteiger partial charge in [-0.2, -0.15) is 0 Å². The topological polar surface area (TPSA) is 177 Å². The van der Waals surface area contributed by atoms with Crippen molar-refractivity contribution < 1.29 is 33.5 Å². The Labute approximate surface area is 317 Å². The Morgan fingerprint density at radius 1 is 0.833 bits per heavy atom. The molecule has 1 saturated heterocycles. The molecule has 1 unspecified atom stereocenters. The summed E-state index contributed by atoms with van der Waals surface area (Å²) in [6, 6.07) is 14.7. The van der Waals surface area contributed by atoms with Crippen molar-refractivity contribution in [3.05, 3.63) is 96.1 Å². The largest absolute Gasteiger partial charge is 0.372 e. The van der Waals surface area contributed by atoms with Crippen LogP contribution in [0, 0.1) is 11.8 Å². The molecular formula is C41H52N6O7. The molecule has 4 rings (SSSR count). The second-order valence-corrected chi connectivity index (χ2v) is 14.4. The summed E-state index contributed by atoms with van der Waals surface area (Å²) in [5.41, 5.74) is 1.88. The number of hydrogen-bond donors (Lipinski definition) is 3. The molecule has 2 heterocycles. The van der Waals surface area contributed by atoms with Crippen molar-refractivity contribution in [3.63, 3.8) is 0 Å². The summed E-state index contributed by atoms with van der Waals surface area (Å²) in [6.45, 7) is 11.0. The Morgan fingerprint density at radius 3 is 2.07 bits per heavy atom. The van der Waals surface area contributed by atoms with E-state index in [2.05, 4.69) is 25.9 Å². The number of amides is 4. The number of Topliss-reactive ketones (excluding diaryl/α,β-unsaturated/α-hetero) is 2. The van der Waals surface area contributed by atoms with Gasteiger partial charge in [-0.1, -0.05) is 102 Å². The Bertz CT molecular complexity index is 1740. The lowest BCUT2D eigenvalue weighted by Crippen LogP contribution is -2.59. The number of nitrogens with one attached hydrogen (secondary N) is 3. The highest BCUT2D eigenvalue weighted by Crippen LogP contribution is 2.25. The van der Waals surface area contributed by atoms with Crippen LogP contribution in [0.2, 0.25) is 0 Å².